The lowest BCUT2D eigenvalue weighted by atomic mass is 9.96. The molecule has 1 amide bonds. The van der Waals surface area contributed by atoms with Crippen LogP contribution in [-0.2, 0) is 4.79 Å². The number of amides is 1. The number of aromatic nitrogens is 2. The summed E-state index contributed by atoms with van der Waals surface area (Å²) in [5.41, 5.74) is 3.90. The Morgan fingerprint density at radius 1 is 1.18 bits per heavy atom. The summed E-state index contributed by atoms with van der Waals surface area (Å²) in [7, 11) is 0. The summed E-state index contributed by atoms with van der Waals surface area (Å²) in [6.07, 6.45) is 3.88. The van der Waals surface area contributed by atoms with Gasteiger partial charge in [0.2, 0.25) is 5.91 Å². The first-order valence-electron chi connectivity index (χ1n) is 12.0. The molecule has 2 fully saturated rings. The largest absolute Gasteiger partial charge is 0.367 e. The Balaban J connectivity index is 1.40. The van der Waals surface area contributed by atoms with Gasteiger partial charge in [-0.15, -0.1) is 0 Å². The van der Waals surface area contributed by atoms with Crippen molar-refractivity contribution >= 4 is 45.8 Å². The second-order valence-corrected chi connectivity index (χ2v) is 10.9. The molecule has 0 saturated carbocycles. The lowest BCUT2D eigenvalue weighted by Crippen LogP contribution is -2.63. The van der Waals surface area contributed by atoms with Crippen molar-refractivity contribution in [2.45, 2.75) is 51.2 Å². The molecule has 6 nitrogen and oxygen atoms in total. The van der Waals surface area contributed by atoms with Crippen LogP contribution in [-0.4, -0.2) is 58.1 Å². The second kappa shape index (κ2) is 9.06. The van der Waals surface area contributed by atoms with E-state index in [-0.39, 0.29) is 23.5 Å². The van der Waals surface area contributed by atoms with Gasteiger partial charge in [-0.3, -0.25) is 4.79 Å². The second-order valence-electron chi connectivity index (χ2n) is 10.0. The van der Waals surface area contributed by atoms with Gasteiger partial charge in [-0.05, 0) is 76.1 Å². The third-order valence-electron chi connectivity index (χ3n) is 7.28. The van der Waals surface area contributed by atoms with Gasteiger partial charge in [0.05, 0.1) is 35.0 Å². The van der Waals surface area contributed by atoms with Crippen molar-refractivity contribution in [3.8, 4) is 0 Å². The van der Waals surface area contributed by atoms with Gasteiger partial charge in [0.25, 0.3) is 0 Å². The molecule has 34 heavy (non-hydrogen) atoms. The highest BCUT2D eigenvalue weighted by Crippen LogP contribution is 2.33. The Bertz CT molecular complexity index is 1220. The van der Waals surface area contributed by atoms with Gasteiger partial charge in [-0.25, -0.2) is 4.98 Å². The van der Waals surface area contributed by atoms with Gasteiger partial charge < -0.3 is 19.7 Å². The van der Waals surface area contributed by atoms with Crippen LogP contribution in [0.25, 0.3) is 11.0 Å². The number of carbonyl (C=O) groups excluding carboxylic acids is 1. The number of nitrogens with one attached hydrogen (secondary N) is 1. The van der Waals surface area contributed by atoms with Crippen LogP contribution in [0, 0.1) is 0 Å². The number of hydrogen-bond donors (Lipinski definition) is 1. The molecular weight excluding hydrogens is 469 g/mol. The molecule has 0 spiro atoms. The molecular formula is C26H31Cl2N5O. The van der Waals surface area contributed by atoms with Crippen LogP contribution in [0.15, 0.2) is 42.7 Å². The number of imidazole rings is 1. The SMILES string of the molecule is CC(c1ccc(Cl)cc1Cl)n1cnc2ccc(N3CCN(C(=O)C4CCCN4)C(C)(C)C3)cc21. The van der Waals surface area contributed by atoms with Crippen LogP contribution in [0.5, 0.6) is 0 Å². The van der Waals surface area contributed by atoms with E-state index in [1.54, 1.807) is 6.07 Å². The summed E-state index contributed by atoms with van der Waals surface area (Å²) in [6, 6.07) is 12.0. The summed E-state index contributed by atoms with van der Waals surface area (Å²) >= 11 is 12.6. The maximum atomic E-state index is 13.1. The minimum absolute atomic E-state index is 0.00911. The van der Waals surface area contributed by atoms with Crippen LogP contribution in [0.1, 0.15) is 45.2 Å². The number of benzene rings is 2. The molecule has 0 bridgehead atoms. The number of halogens is 2. The predicted molar refractivity (Wildman–Crippen MR) is 139 cm³/mol. The standard InChI is InChI=1S/C26H31Cl2N5O/c1-17(20-8-6-18(27)13-21(20)28)32-16-30-22-9-7-19(14-24(22)32)31-11-12-33(26(2,3)15-31)25(34)23-5-4-10-29-23/h6-9,13-14,16-17,23,29H,4-5,10-12,15H2,1-3H3. The summed E-state index contributed by atoms with van der Waals surface area (Å²) in [6.45, 7) is 9.69. The Hall–Kier alpha value is -2.28. The van der Waals surface area contributed by atoms with E-state index in [1.807, 2.05) is 18.5 Å². The molecule has 2 aliphatic rings. The monoisotopic (exact) mass is 499 g/mol. The Morgan fingerprint density at radius 3 is 2.71 bits per heavy atom. The molecule has 3 heterocycles. The van der Waals surface area contributed by atoms with Crippen molar-refractivity contribution in [1.82, 2.24) is 19.8 Å². The third kappa shape index (κ3) is 4.28. The van der Waals surface area contributed by atoms with Crippen molar-refractivity contribution in [3.05, 3.63) is 58.3 Å². The van der Waals surface area contributed by atoms with Crippen LogP contribution in [0.4, 0.5) is 5.69 Å². The van der Waals surface area contributed by atoms with Gasteiger partial charge in [-0.1, -0.05) is 29.3 Å². The van der Waals surface area contributed by atoms with E-state index >= 15 is 0 Å². The van der Waals surface area contributed by atoms with Crippen LogP contribution < -0.4 is 10.2 Å². The highest BCUT2D eigenvalue weighted by atomic mass is 35.5. The van der Waals surface area contributed by atoms with E-state index in [4.69, 9.17) is 23.2 Å². The van der Waals surface area contributed by atoms with Crippen molar-refractivity contribution in [2.24, 2.45) is 0 Å². The highest BCUT2D eigenvalue weighted by molar-refractivity contribution is 6.35. The van der Waals surface area contributed by atoms with Crippen LogP contribution >= 0.6 is 23.2 Å². The molecule has 2 unspecified atom stereocenters. The number of piperazine rings is 1. The zero-order valence-corrected chi connectivity index (χ0v) is 21.4. The van der Waals surface area contributed by atoms with E-state index in [9.17, 15) is 4.79 Å². The topological polar surface area (TPSA) is 53.4 Å². The maximum absolute atomic E-state index is 13.1. The predicted octanol–water partition coefficient (Wildman–Crippen LogP) is 5.13. The fraction of sp³-hybridized carbons (Fsp3) is 0.462. The van der Waals surface area contributed by atoms with Gasteiger partial charge in [0, 0.05) is 35.4 Å². The number of anilines is 1. The Kier molecular flexibility index (Phi) is 6.25. The fourth-order valence-corrected chi connectivity index (χ4v) is 5.94. The molecule has 1 N–H and O–H groups in total. The molecule has 2 aliphatic heterocycles. The molecule has 0 radical (unpaired) electrons. The first-order chi connectivity index (χ1) is 16.2. The third-order valence-corrected chi connectivity index (χ3v) is 7.84. The zero-order chi connectivity index (χ0) is 24.0. The number of carbonyl (C=O) groups is 1. The summed E-state index contributed by atoms with van der Waals surface area (Å²) in [5, 5.41) is 4.64. The van der Waals surface area contributed by atoms with Gasteiger partial charge in [0.15, 0.2) is 0 Å². The summed E-state index contributed by atoms with van der Waals surface area (Å²) in [5.74, 6) is 0.240. The van der Waals surface area contributed by atoms with E-state index in [0.717, 1.165) is 61.3 Å². The number of rotatable bonds is 4. The average molecular weight is 500 g/mol. The molecule has 2 saturated heterocycles. The van der Waals surface area contributed by atoms with E-state index < -0.39 is 0 Å². The minimum Gasteiger partial charge on any atom is -0.367 e. The Labute approximate surface area is 210 Å². The quantitative estimate of drug-likeness (QED) is 0.540. The van der Waals surface area contributed by atoms with Gasteiger partial charge in [0.1, 0.15) is 0 Å². The normalized spacial score (nSPS) is 21.3. The van der Waals surface area contributed by atoms with Crippen molar-refractivity contribution in [2.75, 3.05) is 31.1 Å². The first kappa shape index (κ1) is 23.5. The van der Waals surface area contributed by atoms with Crippen LogP contribution in [0.2, 0.25) is 10.0 Å². The number of fused-ring (bicyclic) bond motifs is 1. The minimum atomic E-state index is -0.251. The lowest BCUT2D eigenvalue weighted by Gasteiger charge is -2.48. The van der Waals surface area contributed by atoms with E-state index in [0.29, 0.717) is 10.0 Å². The molecule has 180 valence electrons. The molecule has 2 aromatic carbocycles. The smallest absolute Gasteiger partial charge is 0.240 e. The van der Waals surface area contributed by atoms with Crippen molar-refractivity contribution in [1.29, 1.82) is 0 Å². The number of nitrogens with zero attached hydrogens (tertiary/aromatic N) is 4. The van der Waals surface area contributed by atoms with E-state index in [2.05, 4.69) is 63.6 Å². The Morgan fingerprint density at radius 2 is 2.00 bits per heavy atom. The van der Waals surface area contributed by atoms with Gasteiger partial charge in [-0.2, -0.15) is 0 Å². The molecule has 0 aliphatic carbocycles. The molecule has 3 aromatic rings. The summed E-state index contributed by atoms with van der Waals surface area (Å²) in [4.78, 5) is 22.2. The van der Waals surface area contributed by atoms with Crippen molar-refractivity contribution in [3.63, 3.8) is 0 Å². The molecule has 5 rings (SSSR count). The highest BCUT2D eigenvalue weighted by Gasteiger charge is 2.40. The van der Waals surface area contributed by atoms with Gasteiger partial charge >= 0.3 is 0 Å². The van der Waals surface area contributed by atoms with E-state index in [1.165, 1.54) is 0 Å². The lowest BCUT2D eigenvalue weighted by molar-refractivity contribution is -0.139. The summed E-state index contributed by atoms with van der Waals surface area (Å²) < 4.78 is 2.16. The average Bonchev–Trinajstić information content (AvgIpc) is 3.47. The fourth-order valence-electron chi connectivity index (χ4n) is 5.38. The molecule has 8 heteroatoms. The van der Waals surface area contributed by atoms with Crippen LogP contribution in [0.3, 0.4) is 0 Å². The van der Waals surface area contributed by atoms with Crippen molar-refractivity contribution < 1.29 is 4.79 Å². The maximum Gasteiger partial charge on any atom is 0.240 e. The molecule has 1 aromatic heterocycles. The zero-order valence-electron chi connectivity index (χ0n) is 19.9. The number of hydrogen-bond acceptors (Lipinski definition) is 4. The first-order valence-corrected chi connectivity index (χ1v) is 12.7. The molecule has 2 atom stereocenters.